The number of carbonyl (C=O) groups excluding carboxylic acids is 2. The number of hydrogen-bond acceptors (Lipinski definition) is 5. The highest BCUT2D eigenvalue weighted by atomic mass is 33.1. The van der Waals surface area contributed by atoms with Crippen LogP contribution in [0.5, 0.6) is 0 Å². The lowest BCUT2D eigenvalue weighted by atomic mass is 9.80. The first-order valence-corrected chi connectivity index (χ1v) is 10.3. The molecule has 1 aliphatic rings. The Kier molecular flexibility index (Phi) is 8.79. The van der Waals surface area contributed by atoms with E-state index in [1.54, 1.807) is 6.92 Å². The summed E-state index contributed by atoms with van der Waals surface area (Å²) in [6.45, 7) is 7.95. The molecule has 1 rings (SSSR count). The summed E-state index contributed by atoms with van der Waals surface area (Å²) in [6.07, 6.45) is 4.19. The fourth-order valence-electron chi connectivity index (χ4n) is 2.91. The Morgan fingerprint density at radius 1 is 1.33 bits per heavy atom. The average molecular weight is 333 g/mol. The molecule has 0 bridgehead atoms. The average Bonchev–Trinajstić information content (AvgIpc) is 2.88. The Labute approximate surface area is 136 Å². The summed E-state index contributed by atoms with van der Waals surface area (Å²) in [5.74, 6) is 0.866. The molecule has 0 radical (unpaired) electrons. The monoisotopic (exact) mass is 332 g/mol. The van der Waals surface area contributed by atoms with E-state index in [1.165, 1.54) is 19.1 Å². The number of Topliss-reactive ketones (excluding diaryl/α,β-unsaturated/α-hetero) is 1. The maximum atomic E-state index is 12.2. The molecule has 0 aromatic rings. The molecule has 0 saturated carbocycles. The van der Waals surface area contributed by atoms with E-state index in [2.05, 4.69) is 13.8 Å². The molecule has 0 N–H and O–H groups in total. The Bertz CT molecular complexity index is 338. The molecule has 1 heterocycles. The van der Waals surface area contributed by atoms with Crippen molar-refractivity contribution in [3.63, 3.8) is 0 Å². The van der Waals surface area contributed by atoms with Gasteiger partial charge in [0.2, 0.25) is 0 Å². The molecule has 1 aliphatic heterocycles. The number of ketones is 1. The molecule has 1 fully saturated rings. The predicted molar refractivity (Wildman–Crippen MR) is 91.4 cm³/mol. The lowest BCUT2D eigenvalue weighted by Gasteiger charge is -2.26. The second-order valence-electron chi connectivity index (χ2n) is 6.14. The zero-order valence-corrected chi connectivity index (χ0v) is 15.2. The highest BCUT2D eigenvalue weighted by Gasteiger charge is 2.34. The second kappa shape index (κ2) is 9.78. The molecule has 122 valence electrons. The Hall–Kier alpha value is -0.160. The minimum atomic E-state index is -0.577. The molecular weight excluding hydrogens is 304 g/mol. The maximum Gasteiger partial charge on any atom is 0.316 e. The summed E-state index contributed by atoms with van der Waals surface area (Å²) >= 11 is 0. The van der Waals surface area contributed by atoms with Crippen molar-refractivity contribution in [2.45, 2.75) is 58.6 Å². The number of hydrogen-bond donors (Lipinski definition) is 0. The van der Waals surface area contributed by atoms with Gasteiger partial charge in [-0.05, 0) is 51.4 Å². The molecule has 0 amide bonds. The summed E-state index contributed by atoms with van der Waals surface area (Å²) in [6, 6.07) is 0. The van der Waals surface area contributed by atoms with Crippen molar-refractivity contribution in [1.82, 2.24) is 0 Å². The summed E-state index contributed by atoms with van der Waals surface area (Å²) in [5, 5.41) is 0.680. The lowest BCUT2D eigenvalue weighted by Crippen LogP contribution is -2.33. The molecule has 0 aliphatic carbocycles. The van der Waals surface area contributed by atoms with Gasteiger partial charge in [-0.2, -0.15) is 0 Å². The van der Waals surface area contributed by atoms with Crippen molar-refractivity contribution in [2.75, 3.05) is 12.4 Å². The SMILES string of the molecule is CCOC(=O)C(C(C)=O)[C@H](CCC1CCSS1)CC(C)C. The van der Waals surface area contributed by atoms with Crippen LogP contribution in [0.25, 0.3) is 0 Å². The van der Waals surface area contributed by atoms with E-state index in [-0.39, 0.29) is 17.7 Å². The van der Waals surface area contributed by atoms with Gasteiger partial charge in [-0.3, -0.25) is 9.59 Å². The van der Waals surface area contributed by atoms with Gasteiger partial charge in [-0.1, -0.05) is 35.4 Å². The molecule has 0 aromatic carbocycles. The van der Waals surface area contributed by atoms with Gasteiger partial charge >= 0.3 is 5.97 Å². The second-order valence-corrected chi connectivity index (χ2v) is 8.92. The van der Waals surface area contributed by atoms with E-state index in [0.29, 0.717) is 17.8 Å². The minimum Gasteiger partial charge on any atom is -0.465 e. The molecule has 0 aromatic heterocycles. The highest BCUT2D eigenvalue weighted by molar-refractivity contribution is 8.77. The number of ether oxygens (including phenoxy) is 1. The van der Waals surface area contributed by atoms with E-state index in [0.717, 1.165) is 19.3 Å². The largest absolute Gasteiger partial charge is 0.465 e. The van der Waals surface area contributed by atoms with Crippen molar-refractivity contribution in [1.29, 1.82) is 0 Å². The first kappa shape index (κ1) is 18.9. The molecule has 3 atom stereocenters. The fraction of sp³-hybridized carbons (Fsp3) is 0.875. The van der Waals surface area contributed by atoms with Gasteiger partial charge in [0.15, 0.2) is 0 Å². The van der Waals surface area contributed by atoms with Crippen LogP contribution in [0.1, 0.15) is 53.4 Å². The van der Waals surface area contributed by atoms with Gasteiger partial charge in [-0.15, -0.1) is 0 Å². The van der Waals surface area contributed by atoms with E-state index < -0.39 is 5.92 Å². The summed E-state index contributed by atoms with van der Waals surface area (Å²) in [7, 11) is 3.89. The van der Waals surface area contributed by atoms with E-state index in [9.17, 15) is 9.59 Å². The summed E-state index contributed by atoms with van der Waals surface area (Å²) < 4.78 is 5.13. The first-order valence-electron chi connectivity index (χ1n) is 7.91. The van der Waals surface area contributed by atoms with Crippen molar-refractivity contribution in [3.05, 3.63) is 0 Å². The number of esters is 1. The molecule has 3 nitrogen and oxygen atoms in total. The Morgan fingerprint density at radius 3 is 2.52 bits per heavy atom. The molecule has 0 spiro atoms. The van der Waals surface area contributed by atoms with E-state index in [4.69, 9.17) is 4.74 Å². The summed E-state index contributed by atoms with van der Waals surface area (Å²) in [5.41, 5.74) is 0. The number of carbonyl (C=O) groups is 2. The van der Waals surface area contributed by atoms with Crippen molar-refractivity contribution in [3.8, 4) is 0 Å². The van der Waals surface area contributed by atoms with Gasteiger partial charge in [0.05, 0.1) is 6.61 Å². The van der Waals surface area contributed by atoms with E-state index >= 15 is 0 Å². The Morgan fingerprint density at radius 2 is 2.05 bits per heavy atom. The summed E-state index contributed by atoms with van der Waals surface area (Å²) in [4.78, 5) is 24.1. The van der Waals surface area contributed by atoms with Crippen LogP contribution in [0, 0.1) is 17.8 Å². The van der Waals surface area contributed by atoms with Gasteiger partial charge < -0.3 is 4.74 Å². The Balaban J connectivity index is 2.70. The molecule has 1 saturated heterocycles. The van der Waals surface area contributed by atoms with Gasteiger partial charge in [0.25, 0.3) is 0 Å². The predicted octanol–water partition coefficient (Wildman–Crippen LogP) is 4.35. The molecule has 5 heteroatoms. The van der Waals surface area contributed by atoms with Gasteiger partial charge in [-0.25, -0.2) is 0 Å². The number of rotatable bonds is 9. The van der Waals surface area contributed by atoms with Crippen LogP contribution in [0.2, 0.25) is 0 Å². The topological polar surface area (TPSA) is 43.4 Å². The van der Waals surface area contributed by atoms with Crippen LogP contribution in [-0.2, 0) is 14.3 Å². The third-order valence-corrected chi connectivity index (χ3v) is 6.82. The molecule has 21 heavy (non-hydrogen) atoms. The maximum absolute atomic E-state index is 12.2. The fourth-order valence-corrected chi connectivity index (χ4v) is 5.91. The van der Waals surface area contributed by atoms with Crippen LogP contribution in [0.15, 0.2) is 0 Å². The highest BCUT2D eigenvalue weighted by Crippen LogP contribution is 2.41. The van der Waals surface area contributed by atoms with Gasteiger partial charge in [0.1, 0.15) is 11.7 Å². The van der Waals surface area contributed by atoms with Crippen molar-refractivity contribution >= 4 is 33.3 Å². The standard InChI is InChI=1S/C16H28O3S2/c1-5-19-16(18)15(12(4)17)13(10-11(2)3)6-7-14-8-9-20-21-14/h11,13-15H,5-10H2,1-4H3/t13-,14?,15?/m1/s1. The first-order chi connectivity index (χ1) is 9.95. The zero-order valence-electron chi connectivity index (χ0n) is 13.6. The van der Waals surface area contributed by atoms with Crippen LogP contribution in [-0.4, -0.2) is 29.4 Å². The van der Waals surface area contributed by atoms with Crippen LogP contribution < -0.4 is 0 Å². The van der Waals surface area contributed by atoms with Gasteiger partial charge in [0, 0.05) is 11.0 Å². The smallest absolute Gasteiger partial charge is 0.316 e. The van der Waals surface area contributed by atoms with Crippen molar-refractivity contribution in [2.24, 2.45) is 17.8 Å². The zero-order chi connectivity index (χ0) is 15.8. The quantitative estimate of drug-likeness (QED) is 0.357. The van der Waals surface area contributed by atoms with E-state index in [1.807, 2.05) is 21.6 Å². The third-order valence-electron chi connectivity index (χ3n) is 3.81. The third kappa shape index (κ3) is 6.64. The van der Waals surface area contributed by atoms with Crippen LogP contribution >= 0.6 is 21.6 Å². The molecular formula is C16H28O3S2. The molecule has 2 unspecified atom stereocenters. The lowest BCUT2D eigenvalue weighted by molar-refractivity contribution is -0.153. The van der Waals surface area contributed by atoms with Crippen LogP contribution in [0.3, 0.4) is 0 Å². The minimum absolute atomic E-state index is 0.0486. The van der Waals surface area contributed by atoms with Crippen molar-refractivity contribution < 1.29 is 14.3 Å². The normalized spacial score (nSPS) is 21.3. The van der Waals surface area contributed by atoms with Crippen LogP contribution in [0.4, 0.5) is 0 Å².